The monoisotopic (exact) mass is 339 g/mol. The molecule has 0 spiro atoms. The van der Waals surface area contributed by atoms with E-state index < -0.39 is 22.0 Å². The predicted molar refractivity (Wildman–Crippen MR) is 86.1 cm³/mol. The normalized spacial score (nSPS) is 19.1. The molecular formula is C15H21N3O4S. The molecule has 0 aromatic heterocycles. The molecule has 2 rings (SSSR count). The van der Waals surface area contributed by atoms with E-state index in [1.807, 2.05) is 35.1 Å². The maximum absolute atomic E-state index is 12.2. The van der Waals surface area contributed by atoms with E-state index in [1.165, 1.54) is 0 Å². The fourth-order valence-corrected chi connectivity index (χ4v) is 3.00. The van der Waals surface area contributed by atoms with Crippen LogP contribution in [0.15, 0.2) is 30.3 Å². The number of carbonyl (C=O) groups excluding carboxylic acids is 2. The second kappa shape index (κ2) is 7.56. The van der Waals surface area contributed by atoms with Gasteiger partial charge >= 0.3 is 0 Å². The van der Waals surface area contributed by atoms with Crippen molar-refractivity contribution in [3.63, 3.8) is 0 Å². The number of benzene rings is 1. The van der Waals surface area contributed by atoms with Crippen molar-refractivity contribution in [3.8, 4) is 0 Å². The molecule has 3 N–H and O–H groups in total. The molecule has 1 saturated heterocycles. The molecule has 126 valence electrons. The lowest BCUT2D eigenvalue weighted by molar-refractivity contribution is -0.129. The Bertz CT molecular complexity index is 655. The summed E-state index contributed by atoms with van der Waals surface area (Å²) in [6.07, 6.45) is 2.74. The van der Waals surface area contributed by atoms with Crippen molar-refractivity contribution in [1.82, 2.24) is 15.4 Å². The Hall–Kier alpha value is -1.93. The molecule has 0 unspecified atom stereocenters. The second-order valence-electron chi connectivity index (χ2n) is 5.64. The van der Waals surface area contributed by atoms with Gasteiger partial charge in [-0.2, -0.15) is 0 Å². The van der Waals surface area contributed by atoms with Crippen LogP contribution in [-0.2, 0) is 26.0 Å². The smallest absolute Gasteiger partial charge is 0.256 e. The van der Waals surface area contributed by atoms with Crippen LogP contribution in [0.2, 0.25) is 0 Å². The molecule has 2 amide bonds. The SMILES string of the molecule is CS(=O)(=O)NC(=O)[C@H](Cc1ccccc1)NC(=O)[C@@H]1CCCN1. The van der Waals surface area contributed by atoms with E-state index in [0.29, 0.717) is 6.42 Å². The van der Waals surface area contributed by atoms with Crippen LogP contribution in [0.5, 0.6) is 0 Å². The Morgan fingerprint density at radius 1 is 1.30 bits per heavy atom. The summed E-state index contributed by atoms with van der Waals surface area (Å²) < 4.78 is 24.5. The number of hydrogen-bond acceptors (Lipinski definition) is 5. The number of hydrogen-bond donors (Lipinski definition) is 3. The van der Waals surface area contributed by atoms with Gasteiger partial charge in [0, 0.05) is 6.42 Å². The minimum absolute atomic E-state index is 0.223. The molecule has 8 heteroatoms. The van der Waals surface area contributed by atoms with Gasteiger partial charge in [0.2, 0.25) is 15.9 Å². The summed E-state index contributed by atoms with van der Waals surface area (Å²) in [6.45, 7) is 0.761. The lowest BCUT2D eigenvalue weighted by Gasteiger charge is -2.20. The summed E-state index contributed by atoms with van der Waals surface area (Å²) >= 11 is 0. The summed E-state index contributed by atoms with van der Waals surface area (Å²) in [5, 5.41) is 5.70. The van der Waals surface area contributed by atoms with Gasteiger partial charge in [0.15, 0.2) is 0 Å². The van der Waals surface area contributed by atoms with Crippen molar-refractivity contribution in [1.29, 1.82) is 0 Å². The molecule has 1 aromatic carbocycles. The Morgan fingerprint density at radius 2 is 2.00 bits per heavy atom. The van der Waals surface area contributed by atoms with Gasteiger partial charge in [0.1, 0.15) is 6.04 Å². The highest BCUT2D eigenvalue weighted by molar-refractivity contribution is 7.89. The summed E-state index contributed by atoms with van der Waals surface area (Å²) in [7, 11) is -3.68. The molecule has 0 aliphatic carbocycles. The van der Waals surface area contributed by atoms with Crippen LogP contribution in [0.25, 0.3) is 0 Å². The molecule has 0 bridgehead atoms. The number of sulfonamides is 1. The Kier molecular flexibility index (Phi) is 5.73. The molecule has 1 heterocycles. The quantitative estimate of drug-likeness (QED) is 0.651. The van der Waals surface area contributed by atoms with Crippen molar-refractivity contribution in [2.75, 3.05) is 12.8 Å². The molecule has 1 aliphatic heterocycles. The van der Waals surface area contributed by atoms with Crippen LogP contribution >= 0.6 is 0 Å². The van der Waals surface area contributed by atoms with Crippen molar-refractivity contribution in [2.24, 2.45) is 0 Å². The van der Waals surface area contributed by atoms with E-state index in [9.17, 15) is 18.0 Å². The van der Waals surface area contributed by atoms with Gasteiger partial charge in [-0.1, -0.05) is 30.3 Å². The van der Waals surface area contributed by atoms with Crippen LogP contribution in [0, 0.1) is 0 Å². The largest absolute Gasteiger partial charge is 0.343 e. The maximum atomic E-state index is 12.2. The lowest BCUT2D eigenvalue weighted by Crippen LogP contribution is -2.53. The molecule has 23 heavy (non-hydrogen) atoms. The summed E-state index contributed by atoms with van der Waals surface area (Å²) in [6, 6.07) is 7.85. The van der Waals surface area contributed by atoms with E-state index in [1.54, 1.807) is 0 Å². The molecule has 0 radical (unpaired) electrons. The van der Waals surface area contributed by atoms with E-state index in [4.69, 9.17) is 0 Å². The standard InChI is InChI=1S/C15H21N3O4S/c1-23(21,22)18-15(20)13(10-11-6-3-2-4-7-11)17-14(19)12-8-5-9-16-12/h2-4,6-7,12-13,16H,5,8-10H2,1H3,(H,17,19)(H,18,20)/t12-,13-/m0/s1. The van der Waals surface area contributed by atoms with Gasteiger partial charge in [0.25, 0.3) is 5.91 Å². The number of nitrogens with one attached hydrogen (secondary N) is 3. The maximum Gasteiger partial charge on any atom is 0.256 e. The van der Waals surface area contributed by atoms with E-state index >= 15 is 0 Å². The molecule has 0 saturated carbocycles. The van der Waals surface area contributed by atoms with Gasteiger partial charge in [-0.15, -0.1) is 0 Å². The van der Waals surface area contributed by atoms with Crippen LogP contribution < -0.4 is 15.4 Å². The van der Waals surface area contributed by atoms with Gasteiger partial charge in [0.05, 0.1) is 12.3 Å². The van der Waals surface area contributed by atoms with E-state index in [0.717, 1.165) is 24.8 Å². The van der Waals surface area contributed by atoms with Crippen LogP contribution in [0.4, 0.5) is 0 Å². The molecule has 1 aliphatic rings. The van der Waals surface area contributed by atoms with Gasteiger partial charge in [-0.25, -0.2) is 8.42 Å². The number of carbonyl (C=O) groups is 2. The van der Waals surface area contributed by atoms with Crippen LogP contribution in [0.1, 0.15) is 18.4 Å². The first kappa shape index (κ1) is 17.4. The van der Waals surface area contributed by atoms with Crippen LogP contribution in [-0.4, -0.2) is 45.1 Å². The first-order valence-electron chi connectivity index (χ1n) is 7.44. The highest BCUT2D eigenvalue weighted by Crippen LogP contribution is 2.08. The average Bonchev–Trinajstić information content (AvgIpc) is 3.00. The van der Waals surface area contributed by atoms with Crippen molar-refractivity contribution < 1.29 is 18.0 Å². The fraction of sp³-hybridized carbons (Fsp3) is 0.467. The topological polar surface area (TPSA) is 104 Å². The summed E-state index contributed by atoms with van der Waals surface area (Å²) in [5.41, 5.74) is 0.834. The van der Waals surface area contributed by atoms with Gasteiger partial charge in [-0.3, -0.25) is 14.3 Å². The first-order chi connectivity index (χ1) is 10.8. The highest BCUT2D eigenvalue weighted by Gasteiger charge is 2.28. The predicted octanol–water partition coefficient (Wildman–Crippen LogP) is -0.458. The zero-order chi connectivity index (χ0) is 16.9. The van der Waals surface area contributed by atoms with Gasteiger partial charge in [-0.05, 0) is 24.9 Å². The summed E-state index contributed by atoms with van der Waals surface area (Å²) in [4.78, 5) is 24.4. The highest BCUT2D eigenvalue weighted by atomic mass is 32.2. The number of rotatable bonds is 6. The first-order valence-corrected chi connectivity index (χ1v) is 9.33. The van der Waals surface area contributed by atoms with Crippen molar-refractivity contribution in [2.45, 2.75) is 31.3 Å². The molecule has 7 nitrogen and oxygen atoms in total. The number of amides is 2. The van der Waals surface area contributed by atoms with E-state index in [2.05, 4.69) is 10.6 Å². The fourth-order valence-electron chi connectivity index (χ4n) is 2.49. The molecule has 1 aromatic rings. The Morgan fingerprint density at radius 3 is 2.57 bits per heavy atom. The van der Waals surface area contributed by atoms with Crippen molar-refractivity contribution in [3.05, 3.63) is 35.9 Å². The zero-order valence-electron chi connectivity index (χ0n) is 12.9. The second-order valence-corrected chi connectivity index (χ2v) is 7.39. The van der Waals surface area contributed by atoms with E-state index in [-0.39, 0.29) is 18.4 Å². The molecular weight excluding hydrogens is 318 g/mol. The minimum Gasteiger partial charge on any atom is -0.343 e. The third-order valence-electron chi connectivity index (χ3n) is 3.58. The third kappa shape index (κ3) is 5.65. The zero-order valence-corrected chi connectivity index (χ0v) is 13.7. The van der Waals surface area contributed by atoms with Crippen molar-refractivity contribution >= 4 is 21.8 Å². The average molecular weight is 339 g/mol. The minimum atomic E-state index is -3.68. The lowest BCUT2D eigenvalue weighted by atomic mass is 10.0. The molecule has 1 fully saturated rings. The Balaban J connectivity index is 2.09. The van der Waals surface area contributed by atoms with Crippen LogP contribution in [0.3, 0.4) is 0 Å². The third-order valence-corrected chi connectivity index (χ3v) is 4.15. The Labute approximate surface area is 135 Å². The van der Waals surface area contributed by atoms with Gasteiger partial charge < -0.3 is 10.6 Å². The molecule has 2 atom stereocenters. The summed E-state index contributed by atoms with van der Waals surface area (Å²) in [5.74, 6) is -1.02.